The van der Waals surface area contributed by atoms with Crippen molar-refractivity contribution in [3.8, 4) is 5.75 Å². The van der Waals surface area contributed by atoms with Gasteiger partial charge < -0.3 is 15.0 Å². The van der Waals surface area contributed by atoms with Crippen LogP contribution in [-0.2, 0) is 26.2 Å². The van der Waals surface area contributed by atoms with E-state index in [1.807, 2.05) is 49.4 Å². The first-order valence-electron chi connectivity index (χ1n) is 13.9. The number of nitrogens with zero attached hydrogens (tertiary/aromatic N) is 2. The first-order chi connectivity index (χ1) is 19.2. The Labute approximate surface area is 237 Å². The van der Waals surface area contributed by atoms with E-state index >= 15 is 0 Å². The van der Waals surface area contributed by atoms with Crippen LogP contribution in [0.3, 0.4) is 0 Å². The number of carbonyl (C=O) groups is 2. The zero-order chi connectivity index (χ0) is 28.7. The third-order valence-corrected chi connectivity index (χ3v) is 8.69. The van der Waals surface area contributed by atoms with Crippen LogP contribution >= 0.6 is 0 Å². The van der Waals surface area contributed by atoms with Gasteiger partial charge in [-0.15, -0.1) is 0 Å². The average molecular weight is 566 g/mol. The first kappa shape index (κ1) is 29.4. The summed E-state index contributed by atoms with van der Waals surface area (Å²) in [5.41, 5.74) is 1.24. The fourth-order valence-corrected chi connectivity index (χ4v) is 6.27. The van der Waals surface area contributed by atoms with Gasteiger partial charge in [-0.25, -0.2) is 8.42 Å². The van der Waals surface area contributed by atoms with E-state index in [-0.39, 0.29) is 18.5 Å². The Morgan fingerprint density at radius 2 is 1.65 bits per heavy atom. The summed E-state index contributed by atoms with van der Waals surface area (Å²) in [7, 11) is -2.24. The van der Waals surface area contributed by atoms with Gasteiger partial charge in [0.25, 0.3) is 0 Å². The molecule has 3 aromatic carbocycles. The number of hydrogen-bond donors (Lipinski definition) is 1. The van der Waals surface area contributed by atoms with Gasteiger partial charge in [-0.2, -0.15) is 0 Å². The summed E-state index contributed by atoms with van der Waals surface area (Å²) in [6, 6.07) is 19.5. The number of fused-ring (bicyclic) bond motifs is 1. The second-order valence-electron chi connectivity index (χ2n) is 10.4. The SMILES string of the molecule is CCC(C(=O)NC1CCCCC1)N(Cc1ccc(OC)cc1)C(=O)CN(c1cccc2ccccc12)S(C)(=O)=O. The highest BCUT2D eigenvalue weighted by atomic mass is 32.2. The molecule has 0 heterocycles. The average Bonchev–Trinajstić information content (AvgIpc) is 2.95. The van der Waals surface area contributed by atoms with Gasteiger partial charge in [0, 0.05) is 18.0 Å². The van der Waals surface area contributed by atoms with Gasteiger partial charge in [-0.05, 0) is 48.4 Å². The third-order valence-electron chi connectivity index (χ3n) is 7.56. The molecule has 0 bridgehead atoms. The summed E-state index contributed by atoms with van der Waals surface area (Å²) in [6.07, 6.45) is 6.67. The zero-order valence-corrected chi connectivity index (χ0v) is 24.3. The van der Waals surface area contributed by atoms with Crippen molar-refractivity contribution in [3.05, 3.63) is 72.3 Å². The number of amides is 2. The summed E-state index contributed by atoms with van der Waals surface area (Å²) in [6.45, 7) is 1.61. The van der Waals surface area contributed by atoms with Gasteiger partial charge in [0.15, 0.2) is 0 Å². The Hall–Kier alpha value is -3.59. The standard InChI is InChI=1S/C31H39N3O5S/c1-4-28(31(36)32-25-13-6-5-7-14-25)33(21-23-17-19-26(39-2)20-18-23)30(35)22-34(40(3,37)38)29-16-10-12-24-11-8-9-15-27(24)29/h8-12,15-20,25,28H,4-7,13-14,21-22H2,1-3H3,(H,32,36). The minimum absolute atomic E-state index is 0.0939. The van der Waals surface area contributed by atoms with Crippen molar-refractivity contribution in [1.29, 1.82) is 0 Å². The molecule has 8 nitrogen and oxygen atoms in total. The van der Waals surface area contributed by atoms with Crippen molar-refractivity contribution in [2.45, 2.75) is 64.1 Å². The smallest absolute Gasteiger partial charge is 0.244 e. The first-order valence-corrected chi connectivity index (χ1v) is 15.7. The lowest BCUT2D eigenvalue weighted by molar-refractivity contribution is -0.140. The number of nitrogens with one attached hydrogen (secondary N) is 1. The molecule has 0 saturated heterocycles. The minimum Gasteiger partial charge on any atom is -0.497 e. The molecule has 0 aromatic heterocycles. The van der Waals surface area contributed by atoms with Crippen molar-refractivity contribution in [2.75, 3.05) is 24.2 Å². The largest absolute Gasteiger partial charge is 0.497 e. The molecule has 2 amide bonds. The molecule has 1 N–H and O–H groups in total. The highest BCUT2D eigenvalue weighted by molar-refractivity contribution is 7.92. The number of hydrogen-bond acceptors (Lipinski definition) is 5. The van der Waals surface area contributed by atoms with Gasteiger partial charge in [-0.3, -0.25) is 13.9 Å². The molecule has 1 aliphatic carbocycles. The molecule has 1 fully saturated rings. The summed E-state index contributed by atoms with van der Waals surface area (Å²) in [5.74, 6) is 0.0371. The molecule has 1 atom stereocenters. The maximum absolute atomic E-state index is 14.0. The van der Waals surface area contributed by atoms with E-state index in [0.29, 0.717) is 17.9 Å². The van der Waals surface area contributed by atoms with Crippen molar-refractivity contribution < 1.29 is 22.7 Å². The Balaban J connectivity index is 1.67. The van der Waals surface area contributed by atoms with E-state index < -0.39 is 28.5 Å². The van der Waals surface area contributed by atoms with Crippen LogP contribution in [0.5, 0.6) is 5.75 Å². The highest BCUT2D eigenvalue weighted by Crippen LogP contribution is 2.29. The second kappa shape index (κ2) is 13.2. The molecule has 4 rings (SSSR count). The fourth-order valence-electron chi connectivity index (χ4n) is 5.41. The van der Waals surface area contributed by atoms with Crippen molar-refractivity contribution in [3.63, 3.8) is 0 Å². The predicted octanol–water partition coefficient (Wildman–Crippen LogP) is 4.87. The topological polar surface area (TPSA) is 96.0 Å². The number of sulfonamides is 1. The highest BCUT2D eigenvalue weighted by Gasteiger charge is 2.33. The Bertz CT molecular complexity index is 1410. The molecule has 9 heteroatoms. The molecule has 1 saturated carbocycles. The molecule has 0 spiro atoms. The van der Waals surface area contributed by atoms with E-state index in [4.69, 9.17) is 4.74 Å². The lowest BCUT2D eigenvalue weighted by Crippen LogP contribution is -2.54. The Morgan fingerprint density at radius 3 is 2.30 bits per heavy atom. The molecule has 0 radical (unpaired) electrons. The molecular weight excluding hydrogens is 526 g/mol. The maximum atomic E-state index is 14.0. The number of rotatable bonds is 11. The van der Waals surface area contributed by atoms with E-state index in [1.165, 1.54) is 11.3 Å². The molecule has 40 heavy (non-hydrogen) atoms. The van der Waals surface area contributed by atoms with Gasteiger partial charge in [-0.1, -0.05) is 74.7 Å². The van der Waals surface area contributed by atoms with Crippen molar-refractivity contribution >= 4 is 38.3 Å². The van der Waals surface area contributed by atoms with E-state index in [1.54, 1.807) is 31.4 Å². The lowest BCUT2D eigenvalue weighted by Gasteiger charge is -2.34. The van der Waals surface area contributed by atoms with E-state index in [2.05, 4.69) is 5.32 Å². The molecular formula is C31H39N3O5S. The van der Waals surface area contributed by atoms with E-state index in [0.717, 1.165) is 52.6 Å². The fraction of sp³-hybridized carbons (Fsp3) is 0.419. The summed E-state index contributed by atoms with van der Waals surface area (Å²) < 4.78 is 32.5. The quantitative estimate of drug-likeness (QED) is 0.358. The monoisotopic (exact) mass is 565 g/mol. The molecule has 0 aliphatic heterocycles. The van der Waals surface area contributed by atoms with Gasteiger partial charge >= 0.3 is 0 Å². The number of ether oxygens (including phenoxy) is 1. The van der Waals surface area contributed by atoms with Gasteiger partial charge in [0.05, 0.1) is 19.1 Å². The summed E-state index contributed by atoms with van der Waals surface area (Å²) in [5, 5.41) is 4.76. The predicted molar refractivity (Wildman–Crippen MR) is 159 cm³/mol. The van der Waals surface area contributed by atoms with Crippen molar-refractivity contribution in [1.82, 2.24) is 10.2 Å². The normalized spacial score (nSPS) is 14.9. The van der Waals surface area contributed by atoms with E-state index in [9.17, 15) is 18.0 Å². The molecule has 1 aliphatic rings. The van der Waals surface area contributed by atoms with Gasteiger partial charge in [0.2, 0.25) is 21.8 Å². The van der Waals surface area contributed by atoms with Crippen LogP contribution in [0, 0.1) is 0 Å². The third kappa shape index (κ3) is 7.13. The van der Waals surface area contributed by atoms with Crippen LogP contribution < -0.4 is 14.4 Å². The van der Waals surface area contributed by atoms with Crippen LogP contribution in [0.15, 0.2) is 66.7 Å². The number of anilines is 1. The van der Waals surface area contributed by atoms with Crippen LogP contribution in [0.4, 0.5) is 5.69 Å². The van der Waals surface area contributed by atoms with Crippen LogP contribution in [0.25, 0.3) is 10.8 Å². The number of methoxy groups -OCH3 is 1. The number of benzene rings is 3. The lowest BCUT2D eigenvalue weighted by atomic mass is 9.95. The second-order valence-corrected chi connectivity index (χ2v) is 12.3. The van der Waals surface area contributed by atoms with Crippen LogP contribution in [0.1, 0.15) is 51.0 Å². The molecule has 214 valence electrons. The summed E-state index contributed by atoms with van der Waals surface area (Å²) >= 11 is 0. The molecule has 1 unspecified atom stereocenters. The Kier molecular flexibility index (Phi) is 9.68. The van der Waals surface area contributed by atoms with Crippen molar-refractivity contribution in [2.24, 2.45) is 0 Å². The number of carbonyl (C=O) groups excluding carboxylic acids is 2. The summed E-state index contributed by atoms with van der Waals surface area (Å²) in [4.78, 5) is 29.1. The van der Waals surface area contributed by atoms with Crippen LogP contribution in [0.2, 0.25) is 0 Å². The van der Waals surface area contributed by atoms with Gasteiger partial charge in [0.1, 0.15) is 18.3 Å². The zero-order valence-electron chi connectivity index (χ0n) is 23.5. The minimum atomic E-state index is -3.83. The maximum Gasteiger partial charge on any atom is 0.244 e. The Morgan fingerprint density at radius 1 is 0.975 bits per heavy atom. The van der Waals surface area contributed by atoms with Crippen LogP contribution in [-0.4, -0.2) is 57.1 Å². The molecule has 3 aromatic rings.